The number of benzene rings is 8. The Labute approximate surface area is 224 Å². The van der Waals surface area contributed by atoms with Gasteiger partial charge in [0.15, 0.2) is 0 Å². The van der Waals surface area contributed by atoms with Crippen molar-refractivity contribution < 1.29 is 4.42 Å². The predicted molar refractivity (Wildman–Crippen MR) is 166 cm³/mol. The van der Waals surface area contributed by atoms with Gasteiger partial charge in [0.1, 0.15) is 11.2 Å². The first kappa shape index (κ1) is 20.9. The maximum Gasteiger partial charge on any atom is 0.136 e. The number of furan rings is 1. The molecule has 0 atom stereocenters. The molecule has 9 rings (SSSR count). The first-order valence-corrected chi connectivity index (χ1v) is 13.4. The van der Waals surface area contributed by atoms with Gasteiger partial charge in [-0.25, -0.2) is 0 Å². The van der Waals surface area contributed by atoms with Crippen LogP contribution in [0.5, 0.6) is 0 Å². The topological polar surface area (TPSA) is 13.1 Å². The summed E-state index contributed by atoms with van der Waals surface area (Å²) < 4.78 is 6.31. The van der Waals surface area contributed by atoms with Gasteiger partial charge in [-0.3, -0.25) is 0 Å². The molecule has 0 amide bonds. The molecule has 1 heterocycles. The van der Waals surface area contributed by atoms with Gasteiger partial charge < -0.3 is 4.42 Å². The van der Waals surface area contributed by atoms with Crippen molar-refractivity contribution in [2.45, 2.75) is 0 Å². The van der Waals surface area contributed by atoms with E-state index in [9.17, 15) is 0 Å². The molecule has 180 valence electrons. The fraction of sp³-hybridized carbons (Fsp3) is 0. The minimum absolute atomic E-state index is 0.956. The van der Waals surface area contributed by atoms with E-state index in [0.29, 0.717) is 0 Å². The van der Waals surface area contributed by atoms with Crippen LogP contribution in [-0.2, 0) is 0 Å². The monoisotopic (exact) mass is 494 g/mol. The van der Waals surface area contributed by atoms with Crippen molar-refractivity contribution in [3.63, 3.8) is 0 Å². The van der Waals surface area contributed by atoms with Crippen molar-refractivity contribution in [2.75, 3.05) is 0 Å². The van der Waals surface area contributed by atoms with Crippen molar-refractivity contribution in [3.05, 3.63) is 133 Å². The Morgan fingerprint density at radius 1 is 0.333 bits per heavy atom. The quantitative estimate of drug-likeness (QED) is 0.172. The maximum absolute atomic E-state index is 6.31. The van der Waals surface area contributed by atoms with Crippen molar-refractivity contribution in [3.8, 4) is 22.3 Å². The lowest BCUT2D eigenvalue weighted by Crippen LogP contribution is -1.91. The highest BCUT2D eigenvalue weighted by atomic mass is 16.3. The molecule has 0 aliphatic heterocycles. The van der Waals surface area contributed by atoms with Crippen molar-refractivity contribution in [2.24, 2.45) is 0 Å². The summed E-state index contributed by atoms with van der Waals surface area (Å²) >= 11 is 0. The van der Waals surface area contributed by atoms with Gasteiger partial charge in [0.05, 0.1) is 0 Å². The normalized spacial score (nSPS) is 12.1. The van der Waals surface area contributed by atoms with E-state index in [-0.39, 0.29) is 0 Å². The van der Waals surface area contributed by atoms with E-state index in [2.05, 4.69) is 133 Å². The van der Waals surface area contributed by atoms with Crippen LogP contribution in [0, 0.1) is 0 Å². The molecule has 0 unspecified atom stereocenters. The molecule has 0 fully saturated rings. The number of rotatable bonds is 2. The number of fused-ring (bicyclic) bond motifs is 4. The molecule has 9 aromatic rings. The van der Waals surface area contributed by atoms with Crippen LogP contribution in [0.3, 0.4) is 0 Å². The van der Waals surface area contributed by atoms with Gasteiger partial charge in [0, 0.05) is 10.8 Å². The van der Waals surface area contributed by atoms with Gasteiger partial charge in [-0.1, -0.05) is 115 Å². The third-order valence-corrected chi connectivity index (χ3v) is 8.39. The minimum atomic E-state index is 0.956. The van der Waals surface area contributed by atoms with Crippen LogP contribution in [0.25, 0.3) is 87.3 Å². The highest BCUT2D eigenvalue weighted by Crippen LogP contribution is 2.45. The van der Waals surface area contributed by atoms with Crippen LogP contribution in [0.1, 0.15) is 0 Å². The molecule has 0 spiro atoms. The lowest BCUT2D eigenvalue weighted by molar-refractivity contribution is 0.670. The SMILES string of the molecule is c1ccc(-c2c3ccccc3c(-c3ccc4cc5oc6cccc7ccc(c4c3)c5c76)c3ccccc23)cc1. The zero-order chi connectivity index (χ0) is 25.5. The van der Waals surface area contributed by atoms with Gasteiger partial charge >= 0.3 is 0 Å². The Balaban J connectivity index is 1.42. The molecular weight excluding hydrogens is 472 g/mol. The third-order valence-electron chi connectivity index (χ3n) is 8.39. The molecule has 1 aromatic heterocycles. The first-order chi connectivity index (χ1) is 19.3. The smallest absolute Gasteiger partial charge is 0.136 e. The van der Waals surface area contributed by atoms with Gasteiger partial charge in [0.25, 0.3) is 0 Å². The van der Waals surface area contributed by atoms with E-state index < -0.39 is 0 Å². The first-order valence-electron chi connectivity index (χ1n) is 13.4. The summed E-state index contributed by atoms with van der Waals surface area (Å²) in [6.45, 7) is 0. The molecule has 0 saturated carbocycles. The predicted octanol–water partition coefficient (Wildman–Crippen LogP) is 11.0. The van der Waals surface area contributed by atoms with Crippen molar-refractivity contribution in [1.29, 1.82) is 0 Å². The molecule has 0 aliphatic carbocycles. The average molecular weight is 495 g/mol. The van der Waals surface area contributed by atoms with Crippen LogP contribution in [0.15, 0.2) is 138 Å². The zero-order valence-electron chi connectivity index (χ0n) is 21.1. The molecule has 0 saturated heterocycles. The highest BCUT2D eigenvalue weighted by molar-refractivity contribution is 6.29. The Morgan fingerprint density at radius 3 is 1.69 bits per heavy atom. The minimum Gasteiger partial charge on any atom is -0.456 e. The number of hydrogen-bond donors (Lipinski definition) is 0. The molecule has 39 heavy (non-hydrogen) atoms. The average Bonchev–Trinajstić information content (AvgIpc) is 3.37. The molecule has 0 radical (unpaired) electrons. The Bertz CT molecular complexity index is 2320. The van der Waals surface area contributed by atoms with Crippen LogP contribution >= 0.6 is 0 Å². The van der Waals surface area contributed by atoms with Gasteiger partial charge in [0.2, 0.25) is 0 Å². The van der Waals surface area contributed by atoms with E-state index in [1.54, 1.807) is 0 Å². The Morgan fingerprint density at radius 2 is 0.974 bits per heavy atom. The Kier molecular flexibility index (Phi) is 4.11. The van der Waals surface area contributed by atoms with Gasteiger partial charge in [-0.2, -0.15) is 0 Å². The van der Waals surface area contributed by atoms with E-state index in [1.165, 1.54) is 76.1 Å². The molecule has 1 heteroatoms. The molecular formula is C38H22O. The standard InChI is InChI=1S/C38H22O/c1-2-9-23(10-3-1)35-27-12-4-6-14-29(27)36(30-15-7-5-13-28(30)35)26-18-17-25-22-34-38-31(32(25)21-26)20-19-24-11-8-16-33(39-34)37(24)38/h1-22H. The summed E-state index contributed by atoms with van der Waals surface area (Å²) in [5.41, 5.74) is 6.97. The highest BCUT2D eigenvalue weighted by Gasteiger charge is 2.19. The van der Waals surface area contributed by atoms with Crippen LogP contribution in [-0.4, -0.2) is 0 Å². The largest absolute Gasteiger partial charge is 0.456 e. The maximum atomic E-state index is 6.31. The van der Waals surface area contributed by atoms with E-state index in [4.69, 9.17) is 4.42 Å². The summed E-state index contributed by atoms with van der Waals surface area (Å²) in [6, 6.07) is 48.4. The van der Waals surface area contributed by atoms with Crippen molar-refractivity contribution >= 4 is 65.0 Å². The van der Waals surface area contributed by atoms with Crippen LogP contribution in [0.2, 0.25) is 0 Å². The van der Waals surface area contributed by atoms with E-state index >= 15 is 0 Å². The fourth-order valence-electron chi connectivity index (χ4n) is 6.75. The van der Waals surface area contributed by atoms with E-state index in [1.807, 2.05) is 0 Å². The Hall–Kier alpha value is -5.14. The summed E-state index contributed by atoms with van der Waals surface area (Å²) in [6.07, 6.45) is 0. The summed E-state index contributed by atoms with van der Waals surface area (Å²) in [5, 5.41) is 12.5. The van der Waals surface area contributed by atoms with Crippen LogP contribution < -0.4 is 0 Å². The molecule has 8 aromatic carbocycles. The summed E-state index contributed by atoms with van der Waals surface area (Å²) in [5.74, 6) is 0. The second-order valence-electron chi connectivity index (χ2n) is 10.5. The molecule has 0 bridgehead atoms. The van der Waals surface area contributed by atoms with Gasteiger partial charge in [-0.15, -0.1) is 0 Å². The molecule has 0 aliphatic rings. The molecule has 1 nitrogen and oxygen atoms in total. The second kappa shape index (κ2) is 7.69. The van der Waals surface area contributed by atoms with Gasteiger partial charge in [-0.05, 0) is 83.5 Å². The lowest BCUT2D eigenvalue weighted by Gasteiger charge is -2.18. The zero-order valence-corrected chi connectivity index (χ0v) is 21.1. The third kappa shape index (κ3) is 2.85. The fourth-order valence-corrected chi connectivity index (χ4v) is 6.75. The van der Waals surface area contributed by atoms with E-state index in [0.717, 1.165) is 11.2 Å². The number of hydrogen-bond acceptors (Lipinski definition) is 1. The van der Waals surface area contributed by atoms with Crippen molar-refractivity contribution in [1.82, 2.24) is 0 Å². The second-order valence-corrected chi connectivity index (χ2v) is 10.5. The van der Waals surface area contributed by atoms with Crippen LogP contribution in [0.4, 0.5) is 0 Å². The summed E-state index contributed by atoms with van der Waals surface area (Å²) in [4.78, 5) is 0. The molecule has 0 N–H and O–H groups in total. The summed E-state index contributed by atoms with van der Waals surface area (Å²) in [7, 11) is 0. The lowest BCUT2D eigenvalue weighted by atomic mass is 9.85.